The standard InChI is InChI=1S/C26H21N5O3/c1-2-33-26(32)21-14-17(12-13-28-21)23-24-22(25(27)31-30-24)20(15-29-23)16-8-10-19(11-9-16)34-18-6-4-3-5-7-18/h3-15H,2H2,1H3,(H3,27,30,31). The first-order chi connectivity index (χ1) is 16.6. The minimum Gasteiger partial charge on any atom is -0.461 e. The fraction of sp³-hybridized carbons (Fsp3) is 0.0769. The van der Waals surface area contributed by atoms with Crippen molar-refractivity contribution >= 4 is 22.7 Å². The van der Waals surface area contributed by atoms with Crippen LogP contribution in [0.25, 0.3) is 33.3 Å². The van der Waals surface area contributed by atoms with Crippen LogP contribution in [-0.2, 0) is 4.74 Å². The summed E-state index contributed by atoms with van der Waals surface area (Å²) in [6.07, 6.45) is 3.30. The Morgan fingerprint density at radius 1 is 0.971 bits per heavy atom. The number of ether oxygens (including phenoxy) is 2. The molecule has 0 aliphatic heterocycles. The van der Waals surface area contributed by atoms with Gasteiger partial charge >= 0.3 is 5.97 Å². The average Bonchev–Trinajstić information content (AvgIpc) is 3.27. The Balaban J connectivity index is 1.52. The van der Waals surface area contributed by atoms with Gasteiger partial charge in [-0.15, -0.1) is 0 Å². The molecule has 0 spiro atoms. The van der Waals surface area contributed by atoms with Gasteiger partial charge in [0.15, 0.2) is 5.82 Å². The van der Waals surface area contributed by atoms with E-state index in [0.717, 1.165) is 28.0 Å². The lowest BCUT2D eigenvalue weighted by atomic mass is 10.0. The molecule has 8 nitrogen and oxygen atoms in total. The quantitative estimate of drug-likeness (QED) is 0.339. The lowest BCUT2D eigenvalue weighted by Crippen LogP contribution is -2.07. The zero-order valence-electron chi connectivity index (χ0n) is 18.4. The van der Waals surface area contributed by atoms with E-state index in [1.807, 2.05) is 54.6 Å². The maximum absolute atomic E-state index is 12.1. The van der Waals surface area contributed by atoms with Gasteiger partial charge in [-0.3, -0.25) is 10.1 Å². The summed E-state index contributed by atoms with van der Waals surface area (Å²) >= 11 is 0. The van der Waals surface area contributed by atoms with Gasteiger partial charge in [0.1, 0.15) is 17.2 Å². The zero-order valence-corrected chi connectivity index (χ0v) is 18.4. The van der Waals surface area contributed by atoms with Crippen molar-refractivity contribution in [2.45, 2.75) is 6.92 Å². The van der Waals surface area contributed by atoms with Crippen LogP contribution in [-0.4, -0.2) is 32.7 Å². The van der Waals surface area contributed by atoms with Crippen molar-refractivity contribution in [2.75, 3.05) is 12.3 Å². The van der Waals surface area contributed by atoms with Gasteiger partial charge in [-0.25, -0.2) is 9.78 Å². The number of benzene rings is 2. The van der Waals surface area contributed by atoms with Crippen LogP contribution in [0.3, 0.4) is 0 Å². The highest BCUT2D eigenvalue weighted by Crippen LogP contribution is 2.36. The van der Waals surface area contributed by atoms with E-state index >= 15 is 0 Å². The number of nitrogen functional groups attached to an aromatic ring is 1. The Morgan fingerprint density at radius 2 is 1.74 bits per heavy atom. The van der Waals surface area contributed by atoms with Crippen molar-refractivity contribution in [3.05, 3.63) is 84.8 Å². The first-order valence-electron chi connectivity index (χ1n) is 10.7. The second-order valence-electron chi connectivity index (χ2n) is 7.47. The molecule has 2 aromatic carbocycles. The lowest BCUT2D eigenvalue weighted by molar-refractivity contribution is 0.0519. The molecule has 8 heteroatoms. The number of H-pyrrole nitrogens is 1. The number of hydrogen-bond donors (Lipinski definition) is 2. The van der Waals surface area contributed by atoms with Crippen LogP contribution in [0.4, 0.5) is 5.82 Å². The molecule has 0 amide bonds. The summed E-state index contributed by atoms with van der Waals surface area (Å²) in [6, 6.07) is 20.7. The third-order valence-electron chi connectivity index (χ3n) is 5.29. The highest BCUT2D eigenvalue weighted by Gasteiger charge is 2.18. The van der Waals surface area contributed by atoms with Crippen molar-refractivity contribution in [3.8, 4) is 33.9 Å². The number of nitrogens with zero attached hydrogens (tertiary/aromatic N) is 3. The van der Waals surface area contributed by atoms with Crippen LogP contribution in [0, 0.1) is 0 Å². The second-order valence-corrected chi connectivity index (χ2v) is 7.47. The molecule has 5 aromatic rings. The summed E-state index contributed by atoms with van der Waals surface area (Å²) in [4.78, 5) is 20.9. The predicted octanol–water partition coefficient (Wildman–Crippen LogP) is 5.24. The second kappa shape index (κ2) is 9.03. The van der Waals surface area contributed by atoms with E-state index in [1.165, 1.54) is 0 Å². The van der Waals surface area contributed by atoms with E-state index in [-0.39, 0.29) is 12.3 Å². The highest BCUT2D eigenvalue weighted by atomic mass is 16.5. The number of hydrogen-bond acceptors (Lipinski definition) is 7. The largest absolute Gasteiger partial charge is 0.461 e. The molecule has 0 radical (unpaired) electrons. The van der Waals surface area contributed by atoms with Crippen LogP contribution in [0.2, 0.25) is 0 Å². The smallest absolute Gasteiger partial charge is 0.356 e. The molecule has 0 unspecified atom stereocenters. The molecular formula is C26H21N5O3. The minimum absolute atomic E-state index is 0.208. The zero-order chi connectivity index (χ0) is 23.5. The summed E-state index contributed by atoms with van der Waals surface area (Å²) in [7, 11) is 0. The van der Waals surface area contributed by atoms with Crippen LogP contribution in [0.15, 0.2) is 79.1 Å². The van der Waals surface area contributed by atoms with Crippen LogP contribution in [0.5, 0.6) is 11.5 Å². The molecule has 0 fully saturated rings. The van der Waals surface area contributed by atoms with E-state index in [0.29, 0.717) is 22.6 Å². The molecular weight excluding hydrogens is 430 g/mol. The molecule has 0 aliphatic carbocycles. The number of carbonyl (C=O) groups is 1. The van der Waals surface area contributed by atoms with Gasteiger partial charge in [-0.05, 0) is 48.9 Å². The van der Waals surface area contributed by atoms with Gasteiger partial charge in [0.2, 0.25) is 0 Å². The number of carbonyl (C=O) groups excluding carboxylic acids is 1. The Hall–Kier alpha value is -4.72. The first kappa shape index (κ1) is 21.1. The third kappa shape index (κ3) is 4.04. The van der Waals surface area contributed by atoms with Crippen molar-refractivity contribution in [2.24, 2.45) is 0 Å². The number of aromatic nitrogens is 4. The molecule has 0 saturated carbocycles. The molecule has 34 heavy (non-hydrogen) atoms. The normalized spacial score (nSPS) is 10.9. The van der Waals surface area contributed by atoms with Gasteiger partial charge in [0.05, 0.1) is 23.2 Å². The average molecular weight is 451 g/mol. The van der Waals surface area contributed by atoms with Crippen molar-refractivity contribution in [1.29, 1.82) is 0 Å². The number of para-hydroxylation sites is 1. The number of esters is 1. The van der Waals surface area contributed by atoms with Crippen LogP contribution >= 0.6 is 0 Å². The van der Waals surface area contributed by atoms with Gasteiger partial charge in [0, 0.05) is 23.5 Å². The Labute approximate surface area is 195 Å². The first-order valence-corrected chi connectivity index (χ1v) is 10.7. The maximum Gasteiger partial charge on any atom is 0.356 e. The van der Waals surface area contributed by atoms with E-state index < -0.39 is 5.97 Å². The van der Waals surface area contributed by atoms with Crippen molar-refractivity contribution in [3.63, 3.8) is 0 Å². The molecule has 168 valence electrons. The van der Waals surface area contributed by atoms with E-state index in [4.69, 9.17) is 15.2 Å². The SMILES string of the molecule is CCOC(=O)c1cc(-c2ncc(-c3ccc(Oc4ccccc4)cc3)c3c(N)n[nH]c23)ccn1. The molecule has 3 heterocycles. The van der Waals surface area contributed by atoms with E-state index in [1.54, 1.807) is 31.5 Å². The number of aromatic amines is 1. The Bertz CT molecular complexity index is 1460. The van der Waals surface area contributed by atoms with Gasteiger partial charge in [0.25, 0.3) is 0 Å². The molecule has 0 bridgehead atoms. The summed E-state index contributed by atoms with van der Waals surface area (Å²) < 4.78 is 10.9. The van der Waals surface area contributed by atoms with E-state index in [2.05, 4.69) is 20.2 Å². The molecule has 5 rings (SSSR count). The summed E-state index contributed by atoms with van der Waals surface area (Å²) in [5.41, 5.74) is 10.2. The topological polar surface area (TPSA) is 116 Å². The van der Waals surface area contributed by atoms with Crippen LogP contribution < -0.4 is 10.5 Å². The van der Waals surface area contributed by atoms with Crippen molar-refractivity contribution < 1.29 is 14.3 Å². The minimum atomic E-state index is -0.487. The third-order valence-corrected chi connectivity index (χ3v) is 5.29. The number of anilines is 1. The molecule has 0 aliphatic rings. The van der Waals surface area contributed by atoms with Gasteiger partial charge in [-0.1, -0.05) is 30.3 Å². The fourth-order valence-electron chi connectivity index (χ4n) is 3.72. The number of rotatable bonds is 6. The highest BCUT2D eigenvalue weighted by molar-refractivity contribution is 6.06. The van der Waals surface area contributed by atoms with Gasteiger partial charge in [-0.2, -0.15) is 5.10 Å². The monoisotopic (exact) mass is 451 g/mol. The number of pyridine rings is 2. The van der Waals surface area contributed by atoms with Gasteiger partial charge < -0.3 is 15.2 Å². The van der Waals surface area contributed by atoms with Crippen molar-refractivity contribution in [1.82, 2.24) is 20.2 Å². The molecule has 0 atom stereocenters. The lowest BCUT2D eigenvalue weighted by Gasteiger charge is -2.10. The predicted molar refractivity (Wildman–Crippen MR) is 129 cm³/mol. The molecule has 3 N–H and O–H groups in total. The number of fused-ring (bicyclic) bond motifs is 1. The number of nitrogens with two attached hydrogens (primary N) is 1. The number of nitrogens with one attached hydrogen (secondary N) is 1. The van der Waals surface area contributed by atoms with E-state index in [9.17, 15) is 4.79 Å². The maximum atomic E-state index is 12.1. The fourth-order valence-corrected chi connectivity index (χ4v) is 3.72. The Kier molecular flexibility index (Phi) is 5.61. The summed E-state index contributed by atoms with van der Waals surface area (Å²) in [6.45, 7) is 2.02. The summed E-state index contributed by atoms with van der Waals surface area (Å²) in [5.74, 6) is 1.36. The van der Waals surface area contributed by atoms with Crippen LogP contribution in [0.1, 0.15) is 17.4 Å². The molecule has 0 saturated heterocycles. The molecule has 3 aromatic heterocycles. The summed E-state index contributed by atoms with van der Waals surface area (Å²) in [5, 5.41) is 7.94. The Morgan fingerprint density at radius 3 is 2.50 bits per heavy atom.